The van der Waals surface area contributed by atoms with Crippen LogP contribution in [-0.2, 0) is 11.3 Å². The molecule has 1 aliphatic heterocycles. The molecular formula is C13H16N6O. The van der Waals surface area contributed by atoms with Gasteiger partial charge in [-0.15, -0.1) is 0 Å². The summed E-state index contributed by atoms with van der Waals surface area (Å²) in [5.41, 5.74) is 7.79. The third-order valence-electron chi connectivity index (χ3n) is 3.44. The van der Waals surface area contributed by atoms with Crippen LogP contribution in [0.3, 0.4) is 0 Å². The first kappa shape index (κ1) is 12.7. The molecule has 1 unspecified atom stereocenters. The summed E-state index contributed by atoms with van der Waals surface area (Å²) >= 11 is 0. The minimum atomic E-state index is 0.0591. The van der Waals surface area contributed by atoms with E-state index >= 15 is 0 Å². The lowest BCUT2D eigenvalue weighted by molar-refractivity contribution is -0.124. The minimum absolute atomic E-state index is 0.0591. The van der Waals surface area contributed by atoms with Crippen LogP contribution in [0.5, 0.6) is 0 Å². The molecule has 4 N–H and O–H groups in total. The van der Waals surface area contributed by atoms with Crippen LogP contribution in [0, 0.1) is 5.92 Å². The van der Waals surface area contributed by atoms with Crippen LogP contribution in [0.4, 0.5) is 5.82 Å². The molecule has 7 nitrogen and oxygen atoms in total. The van der Waals surface area contributed by atoms with E-state index in [1.165, 1.54) is 6.33 Å². The summed E-state index contributed by atoms with van der Waals surface area (Å²) < 4.78 is 0. The molecule has 1 amide bonds. The van der Waals surface area contributed by atoms with E-state index in [1.807, 2.05) is 12.1 Å². The second kappa shape index (κ2) is 5.38. The number of rotatable bonds is 3. The maximum atomic E-state index is 11.9. The summed E-state index contributed by atoms with van der Waals surface area (Å²) in [6.07, 6.45) is 2.30. The number of hydrogen-bond acceptors (Lipinski definition) is 6. The number of nitrogen functional groups attached to an aromatic ring is 1. The van der Waals surface area contributed by atoms with Gasteiger partial charge in [-0.3, -0.25) is 4.79 Å². The van der Waals surface area contributed by atoms with E-state index in [9.17, 15) is 4.79 Å². The molecule has 0 aliphatic carbocycles. The van der Waals surface area contributed by atoms with Gasteiger partial charge in [-0.25, -0.2) is 15.0 Å². The number of hydrogen-bond donors (Lipinski definition) is 3. The first-order valence-electron chi connectivity index (χ1n) is 6.58. The van der Waals surface area contributed by atoms with E-state index < -0.39 is 0 Å². The zero-order chi connectivity index (χ0) is 13.9. The van der Waals surface area contributed by atoms with Crippen molar-refractivity contribution in [2.45, 2.75) is 13.0 Å². The number of nitrogens with zero attached hydrogens (tertiary/aromatic N) is 3. The second-order valence-corrected chi connectivity index (χ2v) is 4.84. The Kier molecular flexibility index (Phi) is 3.42. The molecular weight excluding hydrogens is 256 g/mol. The quantitative estimate of drug-likeness (QED) is 0.716. The van der Waals surface area contributed by atoms with Gasteiger partial charge in [0.1, 0.15) is 11.8 Å². The Labute approximate surface area is 116 Å². The van der Waals surface area contributed by atoms with E-state index in [2.05, 4.69) is 25.6 Å². The second-order valence-electron chi connectivity index (χ2n) is 4.84. The van der Waals surface area contributed by atoms with Gasteiger partial charge in [0.15, 0.2) is 5.82 Å². The molecule has 3 rings (SSSR count). The summed E-state index contributed by atoms with van der Waals surface area (Å²) in [5.74, 6) is 0.473. The van der Waals surface area contributed by atoms with E-state index in [-0.39, 0.29) is 11.8 Å². The number of nitrogens with two attached hydrogens (primary N) is 1. The van der Waals surface area contributed by atoms with E-state index in [0.29, 0.717) is 23.4 Å². The van der Waals surface area contributed by atoms with Gasteiger partial charge in [0.2, 0.25) is 5.91 Å². The minimum Gasteiger partial charge on any atom is -0.382 e. The molecule has 0 saturated carbocycles. The molecule has 20 heavy (non-hydrogen) atoms. The highest BCUT2D eigenvalue weighted by Gasteiger charge is 2.21. The van der Waals surface area contributed by atoms with Crippen molar-refractivity contribution in [2.24, 2.45) is 5.92 Å². The van der Waals surface area contributed by atoms with Crippen LogP contribution < -0.4 is 16.4 Å². The number of carbonyl (C=O) groups excluding carboxylic acids is 1. The summed E-state index contributed by atoms with van der Waals surface area (Å²) in [5, 5.41) is 6.08. The molecule has 2 aromatic heterocycles. The monoisotopic (exact) mass is 272 g/mol. The number of nitrogens with one attached hydrogen (secondary N) is 2. The SMILES string of the molecule is Nc1ncnc2ccc(CNC(=O)C3CCNC3)nc12. The van der Waals surface area contributed by atoms with Gasteiger partial charge in [-0.2, -0.15) is 0 Å². The van der Waals surface area contributed by atoms with Crippen LogP contribution in [0.25, 0.3) is 11.0 Å². The Morgan fingerprint density at radius 3 is 3.15 bits per heavy atom. The third kappa shape index (κ3) is 2.53. The zero-order valence-corrected chi connectivity index (χ0v) is 11.0. The van der Waals surface area contributed by atoms with Gasteiger partial charge in [0.25, 0.3) is 0 Å². The van der Waals surface area contributed by atoms with Crippen molar-refractivity contribution >= 4 is 22.8 Å². The maximum Gasteiger partial charge on any atom is 0.224 e. The Hall–Kier alpha value is -2.28. The normalized spacial score (nSPS) is 18.3. The van der Waals surface area contributed by atoms with Crippen LogP contribution in [-0.4, -0.2) is 33.9 Å². The summed E-state index contributed by atoms with van der Waals surface area (Å²) in [6.45, 7) is 2.04. The summed E-state index contributed by atoms with van der Waals surface area (Å²) in [7, 11) is 0. The number of pyridine rings is 1. The van der Waals surface area contributed by atoms with Crippen LogP contribution in [0.2, 0.25) is 0 Å². The van der Waals surface area contributed by atoms with Crippen molar-refractivity contribution in [3.63, 3.8) is 0 Å². The Balaban J connectivity index is 1.71. The van der Waals surface area contributed by atoms with Crippen molar-refractivity contribution in [2.75, 3.05) is 18.8 Å². The van der Waals surface area contributed by atoms with Gasteiger partial charge in [0, 0.05) is 6.54 Å². The fourth-order valence-corrected chi connectivity index (χ4v) is 2.30. The van der Waals surface area contributed by atoms with Crippen LogP contribution in [0.15, 0.2) is 18.5 Å². The number of fused-ring (bicyclic) bond motifs is 1. The highest BCUT2D eigenvalue weighted by molar-refractivity contribution is 5.83. The highest BCUT2D eigenvalue weighted by atomic mass is 16.1. The molecule has 7 heteroatoms. The molecule has 2 aromatic rings. The summed E-state index contributed by atoms with van der Waals surface area (Å²) in [4.78, 5) is 24.3. The van der Waals surface area contributed by atoms with E-state index in [0.717, 1.165) is 25.2 Å². The maximum absolute atomic E-state index is 11.9. The predicted molar refractivity (Wildman–Crippen MR) is 74.6 cm³/mol. The number of carbonyl (C=O) groups is 1. The fourth-order valence-electron chi connectivity index (χ4n) is 2.30. The molecule has 1 fully saturated rings. The molecule has 1 aliphatic rings. The third-order valence-corrected chi connectivity index (χ3v) is 3.44. The Morgan fingerprint density at radius 2 is 2.35 bits per heavy atom. The molecule has 0 radical (unpaired) electrons. The van der Waals surface area contributed by atoms with Crippen molar-refractivity contribution in [3.8, 4) is 0 Å². The molecule has 1 atom stereocenters. The molecule has 0 spiro atoms. The van der Waals surface area contributed by atoms with Gasteiger partial charge >= 0.3 is 0 Å². The standard InChI is InChI=1S/C13H16N6O/c14-12-11-10(17-7-18-12)2-1-9(19-11)6-16-13(20)8-3-4-15-5-8/h1-2,7-8,15H,3-6H2,(H,16,20)(H2,14,17,18). The largest absolute Gasteiger partial charge is 0.382 e. The van der Waals surface area contributed by atoms with Gasteiger partial charge in [-0.1, -0.05) is 0 Å². The van der Waals surface area contributed by atoms with Crippen LogP contribution >= 0.6 is 0 Å². The van der Waals surface area contributed by atoms with Gasteiger partial charge < -0.3 is 16.4 Å². The predicted octanol–water partition coefficient (Wildman–Crippen LogP) is -0.167. The molecule has 0 bridgehead atoms. The van der Waals surface area contributed by atoms with Crippen molar-refractivity contribution in [1.82, 2.24) is 25.6 Å². The lowest BCUT2D eigenvalue weighted by atomic mass is 10.1. The number of amides is 1. The van der Waals surface area contributed by atoms with Crippen LogP contribution in [0.1, 0.15) is 12.1 Å². The molecule has 3 heterocycles. The molecule has 0 aromatic carbocycles. The lowest BCUT2D eigenvalue weighted by Crippen LogP contribution is -2.31. The van der Waals surface area contributed by atoms with Gasteiger partial charge in [-0.05, 0) is 25.1 Å². The fraction of sp³-hybridized carbons (Fsp3) is 0.385. The Bertz CT molecular complexity index is 638. The zero-order valence-electron chi connectivity index (χ0n) is 11.0. The Morgan fingerprint density at radius 1 is 1.45 bits per heavy atom. The van der Waals surface area contributed by atoms with E-state index in [1.54, 1.807) is 0 Å². The van der Waals surface area contributed by atoms with Crippen molar-refractivity contribution < 1.29 is 4.79 Å². The number of anilines is 1. The first-order chi connectivity index (χ1) is 9.74. The number of aromatic nitrogens is 3. The van der Waals surface area contributed by atoms with Crippen molar-refractivity contribution in [1.29, 1.82) is 0 Å². The highest BCUT2D eigenvalue weighted by Crippen LogP contribution is 2.14. The topological polar surface area (TPSA) is 106 Å². The van der Waals surface area contributed by atoms with E-state index in [4.69, 9.17) is 5.73 Å². The average molecular weight is 272 g/mol. The molecule has 1 saturated heterocycles. The van der Waals surface area contributed by atoms with Gasteiger partial charge in [0.05, 0.1) is 23.7 Å². The summed E-state index contributed by atoms with van der Waals surface area (Å²) in [6, 6.07) is 3.67. The smallest absolute Gasteiger partial charge is 0.224 e. The van der Waals surface area contributed by atoms with Crippen molar-refractivity contribution in [3.05, 3.63) is 24.2 Å². The lowest BCUT2D eigenvalue weighted by Gasteiger charge is -2.10. The molecule has 104 valence electrons. The average Bonchev–Trinajstić information content (AvgIpc) is 3.00. The first-order valence-corrected chi connectivity index (χ1v) is 6.58.